The van der Waals surface area contributed by atoms with Crippen LogP contribution in [-0.4, -0.2) is 41.3 Å². The molecule has 1 aromatic rings. The number of hydrogen-bond donors (Lipinski definition) is 2. The normalized spacial score (nSPS) is 21.9. The lowest BCUT2D eigenvalue weighted by molar-refractivity contribution is 0.281. The SMILES string of the molecule is NC(=NO)C1CCCCN1S(=O)(=O)c1cncc(F)c1. The summed E-state index contributed by atoms with van der Waals surface area (Å²) >= 11 is 0. The van der Waals surface area contributed by atoms with Gasteiger partial charge in [0.15, 0.2) is 5.84 Å². The number of amidine groups is 1. The minimum Gasteiger partial charge on any atom is -0.409 e. The number of nitrogens with two attached hydrogens (primary N) is 1. The number of rotatable bonds is 3. The number of nitrogens with zero attached hydrogens (tertiary/aromatic N) is 3. The molecule has 110 valence electrons. The number of piperidine rings is 1. The Bertz CT molecular complexity index is 620. The Kier molecular flexibility index (Phi) is 4.19. The van der Waals surface area contributed by atoms with Crippen LogP contribution in [0.1, 0.15) is 19.3 Å². The predicted octanol–water partition coefficient (Wildman–Crippen LogP) is 0.510. The van der Waals surface area contributed by atoms with Crippen LogP contribution in [0.2, 0.25) is 0 Å². The van der Waals surface area contributed by atoms with Gasteiger partial charge in [-0.15, -0.1) is 0 Å². The van der Waals surface area contributed by atoms with Gasteiger partial charge < -0.3 is 10.9 Å². The molecule has 0 saturated carbocycles. The van der Waals surface area contributed by atoms with Crippen LogP contribution in [0.15, 0.2) is 28.5 Å². The Labute approximate surface area is 116 Å². The number of hydrogen-bond acceptors (Lipinski definition) is 5. The van der Waals surface area contributed by atoms with Crippen molar-refractivity contribution in [3.63, 3.8) is 0 Å². The van der Waals surface area contributed by atoms with Gasteiger partial charge in [0.25, 0.3) is 0 Å². The lowest BCUT2D eigenvalue weighted by atomic mass is 10.0. The molecule has 7 nitrogen and oxygen atoms in total. The fourth-order valence-electron chi connectivity index (χ4n) is 2.22. The highest BCUT2D eigenvalue weighted by molar-refractivity contribution is 7.89. The van der Waals surface area contributed by atoms with Gasteiger partial charge in [0.2, 0.25) is 10.0 Å². The maximum atomic E-state index is 13.2. The van der Waals surface area contributed by atoms with Gasteiger partial charge in [0.1, 0.15) is 10.7 Å². The molecule has 1 atom stereocenters. The molecule has 2 rings (SSSR count). The predicted molar refractivity (Wildman–Crippen MR) is 69.1 cm³/mol. The highest BCUT2D eigenvalue weighted by Gasteiger charge is 2.36. The second kappa shape index (κ2) is 5.71. The van der Waals surface area contributed by atoms with Crippen molar-refractivity contribution in [3.05, 3.63) is 24.3 Å². The number of halogens is 1. The van der Waals surface area contributed by atoms with Crippen molar-refractivity contribution >= 4 is 15.9 Å². The summed E-state index contributed by atoms with van der Waals surface area (Å²) in [6.45, 7) is 0.236. The number of oxime groups is 1. The van der Waals surface area contributed by atoms with E-state index in [0.717, 1.165) is 29.2 Å². The summed E-state index contributed by atoms with van der Waals surface area (Å²) in [4.78, 5) is 3.30. The summed E-state index contributed by atoms with van der Waals surface area (Å²) < 4.78 is 39.3. The molecule has 1 saturated heterocycles. The molecule has 0 aliphatic carbocycles. The van der Waals surface area contributed by atoms with Crippen LogP contribution in [0.25, 0.3) is 0 Å². The molecule has 0 amide bonds. The van der Waals surface area contributed by atoms with E-state index >= 15 is 0 Å². The van der Waals surface area contributed by atoms with Crippen LogP contribution >= 0.6 is 0 Å². The fraction of sp³-hybridized carbons (Fsp3) is 0.455. The number of aromatic nitrogens is 1. The van der Waals surface area contributed by atoms with Crippen molar-refractivity contribution in [1.82, 2.24) is 9.29 Å². The van der Waals surface area contributed by atoms with Crippen molar-refractivity contribution in [2.45, 2.75) is 30.2 Å². The van der Waals surface area contributed by atoms with Gasteiger partial charge in [-0.3, -0.25) is 4.98 Å². The molecule has 3 N–H and O–H groups in total. The summed E-state index contributed by atoms with van der Waals surface area (Å²) in [6, 6.07) is 0.183. The Morgan fingerprint density at radius 1 is 1.50 bits per heavy atom. The van der Waals surface area contributed by atoms with Crippen LogP contribution in [0.3, 0.4) is 0 Å². The summed E-state index contributed by atoms with van der Waals surface area (Å²) in [6.07, 6.45) is 3.90. The summed E-state index contributed by atoms with van der Waals surface area (Å²) in [5.74, 6) is -0.902. The molecule has 0 aromatic carbocycles. The van der Waals surface area contributed by atoms with E-state index in [4.69, 9.17) is 10.9 Å². The molecule has 0 spiro atoms. The first kappa shape index (κ1) is 14.7. The molecular formula is C11H15FN4O3S. The van der Waals surface area contributed by atoms with Crippen LogP contribution in [-0.2, 0) is 10.0 Å². The quantitative estimate of drug-likeness (QED) is 0.366. The smallest absolute Gasteiger partial charge is 0.245 e. The molecule has 1 fully saturated rings. The Morgan fingerprint density at radius 3 is 2.90 bits per heavy atom. The Morgan fingerprint density at radius 2 is 2.25 bits per heavy atom. The van der Waals surface area contributed by atoms with Crippen molar-refractivity contribution in [3.8, 4) is 0 Å². The summed E-state index contributed by atoms with van der Waals surface area (Å²) in [7, 11) is -3.93. The first-order valence-electron chi connectivity index (χ1n) is 6.06. The van der Waals surface area contributed by atoms with Crippen LogP contribution in [0.5, 0.6) is 0 Å². The minimum absolute atomic E-state index is 0.169. The molecule has 0 radical (unpaired) electrons. The van der Waals surface area contributed by atoms with Gasteiger partial charge in [-0.2, -0.15) is 4.31 Å². The maximum absolute atomic E-state index is 13.2. The van der Waals surface area contributed by atoms with Crippen LogP contribution < -0.4 is 5.73 Å². The van der Waals surface area contributed by atoms with Crippen molar-refractivity contribution in [1.29, 1.82) is 0 Å². The van der Waals surface area contributed by atoms with Crippen molar-refractivity contribution < 1.29 is 18.0 Å². The van der Waals surface area contributed by atoms with E-state index in [-0.39, 0.29) is 17.3 Å². The van der Waals surface area contributed by atoms with E-state index in [2.05, 4.69) is 10.1 Å². The zero-order valence-electron chi connectivity index (χ0n) is 10.6. The lowest BCUT2D eigenvalue weighted by Crippen LogP contribution is -2.50. The maximum Gasteiger partial charge on any atom is 0.245 e. The molecule has 1 aliphatic heterocycles. The molecule has 1 unspecified atom stereocenters. The van der Waals surface area contributed by atoms with Crippen molar-refractivity contribution in [2.24, 2.45) is 10.9 Å². The molecular weight excluding hydrogens is 287 g/mol. The molecule has 2 heterocycles. The zero-order chi connectivity index (χ0) is 14.8. The monoisotopic (exact) mass is 302 g/mol. The summed E-state index contributed by atoms with van der Waals surface area (Å²) in [5.41, 5.74) is 5.55. The average molecular weight is 302 g/mol. The Hall–Kier alpha value is -1.74. The van der Waals surface area contributed by atoms with Crippen LogP contribution in [0.4, 0.5) is 4.39 Å². The zero-order valence-corrected chi connectivity index (χ0v) is 11.4. The largest absolute Gasteiger partial charge is 0.409 e. The minimum atomic E-state index is -3.93. The standard InChI is InChI=1S/C11H15FN4O3S/c12-8-5-9(7-14-6-8)20(18,19)16-4-2-1-3-10(16)11(13)15-17/h5-7,10,17H,1-4H2,(H2,13,15). The molecule has 9 heteroatoms. The van der Waals surface area contributed by atoms with E-state index in [0.29, 0.717) is 12.8 Å². The van der Waals surface area contributed by atoms with Gasteiger partial charge in [0, 0.05) is 12.7 Å². The van der Waals surface area contributed by atoms with E-state index in [1.165, 1.54) is 0 Å². The highest BCUT2D eigenvalue weighted by Crippen LogP contribution is 2.25. The Balaban J connectivity index is 2.41. The second-order valence-electron chi connectivity index (χ2n) is 4.49. The topological polar surface area (TPSA) is 109 Å². The van der Waals surface area contributed by atoms with Gasteiger partial charge >= 0.3 is 0 Å². The van der Waals surface area contributed by atoms with E-state index in [1.54, 1.807) is 0 Å². The second-order valence-corrected chi connectivity index (χ2v) is 6.38. The molecule has 20 heavy (non-hydrogen) atoms. The highest BCUT2D eigenvalue weighted by atomic mass is 32.2. The average Bonchev–Trinajstić information content (AvgIpc) is 2.46. The molecule has 1 aliphatic rings. The van der Waals surface area contributed by atoms with E-state index in [9.17, 15) is 12.8 Å². The van der Waals surface area contributed by atoms with Gasteiger partial charge in [-0.1, -0.05) is 11.6 Å². The lowest BCUT2D eigenvalue weighted by Gasteiger charge is -2.33. The third-order valence-electron chi connectivity index (χ3n) is 3.20. The third-order valence-corrected chi connectivity index (χ3v) is 5.07. The van der Waals surface area contributed by atoms with E-state index < -0.39 is 21.9 Å². The molecule has 1 aromatic heterocycles. The van der Waals surface area contributed by atoms with Gasteiger partial charge in [0.05, 0.1) is 12.2 Å². The summed E-state index contributed by atoms with van der Waals surface area (Å²) in [5, 5.41) is 11.6. The first-order chi connectivity index (χ1) is 9.46. The molecule has 0 bridgehead atoms. The third kappa shape index (κ3) is 2.73. The van der Waals surface area contributed by atoms with Crippen molar-refractivity contribution in [2.75, 3.05) is 6.54 Å². The van der Waals surface area contributed by atoms with Gasteiger partial charge in [-0.25, -0.2) is 12.8 Å². The fourth-order valence-corrected chi connectivity index (χ4v) is 3.87. The van der Waals surface area contributed by atoms with Gasteiger partial charge in [-0.05, 0) is 18.9 Å². The first-order valence-corrected chi connectivity index (χ1v) is 7.50. The van der Waals surface area contributed by atoms with Crippen LogP contribution in [0, 0.1) is 5.82 Å². The van der Waals surface area contributed by atoms with E-state index in [1.807, 2.05) is 0 Å². The number of pyridine rings is 1. The number of sulfonamides is 1.